The number of nitrogens with one attached hydrogen (secondary N) is 1. The van der Waals surface area contributed by atoms with E-state index in [1.54, 1.807) is 30.0 Å². The fourth-order valence-electron chi connectivity index (χ4n) is 4.84. The van der Waals surface area contributed by atoms with Crippen molar-refractivity contribution in [1.82, 2.24) is 4.31 Å². The van der Waals surface area contributed by atoms with Gasteiger partial charge in [-0.1, -0.05) is 36.8 Å². The van der Waals surface area contributed by atoms with Crippen LogP contribution in [0.1, 0.15) is 42.1 Å². The normalized spacial score (nSPS) is 18.0. The van der Waals surface area contributed by atoms with Crippen LogP contribution in [-0.2, 0) is 21.2 Å². The van der Waals surface area contributed by atoms with Gasteiger partial charge < -0.3 is 15.0 Å². The van der Waals surface area contributed by atoms with Crippen molar-refractivity contribution in [2.24, 2.45) is 0 Å². The predicted molar refractivity (Wildman–Crippen MR) is 146 cm³/mol. The number of carbonyl (C=O) groups is 2. The van der Waals surface area contributed by atoms with Gasteiger partial charge >= 0.3 is 0 Å². The summed E-state index contributed by atoms with van der Waals surface area (Å²) in [5, 5.41) is 2.86. The Bertz CT molecular complexity index is 1420. The summed E-state index contributed by atoms with van der Waals surface area (Å²) in [5.41, 5.74) is 2.57. The van der Waals surface area contributed by atoms with Crippen molar-refractivity contribution in [2.45, 2.75) is 43.6 Å². The molecule has 1 unspecified atom stereocenters. The van der Waals surface area contributed by atoms with Crippen molar-refractivity contribution >= 4 is 33.2 Å². The summed E-state index contributed by atoms with van der Waals surface area (Å²) in [6, 6.07) is 21.1. The summed E-state index contributed by atoms with van der Waals surface area (Å²) in [6.07, 6.45) is 2.85. The highest BCUT2D eigenvalue weighted by Gasteiger charge is 2.32. The summed E-state index contributed by atoms with van der Waals surface area (Å²) in [5.74, 6) is 0.0666. The number of rotatable bonds is 7. The quantitative estimate of drug-likeness (QED) is 0.484. The topological polar surface area (TPSA) is 96.0 Å². The molecular formula is C29H31N3O5S. The monoisotopic (exact) mass is 533 g/mol. The molecule has 0 bridgehead atoms. The SMILES string of the molecule is CC1Oc2ccc(NC(=O)c3ccc(S(=O)(=O)N4CCCCC4)cc3)cc2N(CCc2ccccc2)C1=O. The first-order valence-electron chi connectivity index (χ1n) is 12.9. The van der Waals surface area contributed by atoms with E-state index < -0.39 is 16.1 Å². The van der Waals surface area contributed by atoms with E-state index in [2.05, 4.69) is 5.32 Å². The summed E-state index contributed by atoms with van der Waals surface area (Å²) in [6.45, 7) is 3.26. The van der Waals surface area contributed by atoms with Gasteiger partial charge in [0, 0.05) is 30.9 Å². The maximum atomic E-state index is 13.0. The zero-order valence-corrected chi connectivity index (χ0v) is 22.1. The van der Waals surface area contributed by atoms with Crippen LogP contribution >= 0.6 is 0 Å². The molecule has 198 valence electrons. The second-order valence-electron chi connectivity index (χ2n) is 9.61. The predicted octanol–water partition coefficient (Wildman–Crippen LogP) is 4.47. The van der Waals surface area contributed by atoms with Crippen LogP contribution in [0.15, 0.2) is 77.7 Å². The van der Waals surface area contributed by atoms with E-state index in [1.165, 1.54) is 28.6 Å². The number of ether oxygens (including phenoxy) is 1. The van der Waals surface area contributed by atoms with Gasteiger partial charge in [-0.25, -0.2) is 8.42 Å². The lowest BCUT2D eigenvalue weighted by molar-refractivity contribution is -0.125. The average Bonchev–Trinajstić information content (AvgIpc) is 2.94. The second kappa shape index (κ2) is 11.0. The molecular weight excluding hydrogens is 502 g/mol. The molecule has 38 heavy (non-hydrogen) atoms. The number of nitrogens with zero attached hydrogens (tertiary/aromatic N) is 2. The maximum absolute atomic E-state index is 13.0. The molecule has 8 nitrogen and oxygen atoms in total. The largest absolute Gasteiger partial charge is 0.479 e. The first-order chi connectivity index (χ1) is 18.3. The molecule has 2 heterocycles. The first kappa shape index (κ1) is 25.9. The third kappa shape index (κ3) is 5.44. The Morgan fingerprint density at radius 2 is 1.68 bits per heavy atom. The van der Waals surface area contributed by atoms with Crippen LogP contribution in [0.3, 0.4) is 0 Å². The number of piperidine rings is 1. The number of hydrogen-bond donors (Lipinski definition) is 1. The number of anilines is 2. The fourth-order valence-corrected chi connectivity index (χ4v) is 6.35. The molecule has 5 rings (SSSR count). The van der Waals surface area contributed by atoms with Crippen LogP contribution in [0.25, 0.3) is 0 Å². The zero-order chi connectivity index (χ0) is 26.7. The standard InChI is InChI=1S/C29H31N3O5S/c1-21-29(34)32(19-16-22-8-4-2-5-9-22)26-20-24(12-15-27(26)37-21)30-28(33)23-10-13-25(14-11-23)38(35,36)31-17-6-3-7-18-31/h2,4-5,8-15,20-21H,3,6-7,16-19H2,1H3,(H,30,33). The minimum absolute atomic E-state index is 0.137. The van der Waals surface area contributed by atoms with E-state index >= 15 is 0 Å². The fraction of sp³-hybridized carbons (Fsp3) is 0.310. The molecule has 0 aromatic heterocycles. The van der Waals surface area contributed by atoms with Crippen LogP contribution in [0.2, 0.25) is 0 Å². The maximum Gasteiger partial charge on any atom is 0.267 e. The Morgan fingerprint density at radius 1 is 0.974 bits per heavy atom. The average molecular weight is 534 g/mol. The van der Waals surface area contributed by atoms with Crippen LogP contribution in [0, 0.1) is 0 Å². The number of hydrogen-bond acceptors (Lipinski definition) is 5. The lowest BCUT2D eigenvalue weighted by atomic mass is 10.1. The third-order valence-electron chi connectivity index (χ3n) is 6.96. The van der Waals surface area contributed by atoms with Crippen LogP contribution in [0.4, 0.5) is 11.4 Å². The van der Waals surface area contributed by atoms with E-state index in [9.17, 15) is 18.0 Å². The minimum Gasteiger partial charge on any atom is -0.479 e. The van der Waals surface area contributed by atoms with Crippen molar-refractivity contribution in [1.29, 1.82) is 0 Å². The van der Waals surface area contributed by atoms with Gasteiger partial charge in [0.2, 0.25) is 10.0 Å². The summed E-state index contributed by atoms with van der Waals surface area (Å²) >= 11 is 0. The molecule has 0 spiro atoms. The Balaban J connectivity index is 1.31. The second-order valence-corrected chi connectivity index (χ2v) is 11.5. The highest BCUT2D eigenvalue weighted by molar-refractivity contribution is 7.89. The number of amides is 2. The van der Waals surface area contributed by atoms with Gasteiger partial charge in [-0.15, -0.1) is 0 Å². The number of sulfonamides is 1. The van der Waals surface area contributed by atoms with Crippen molar-refractivity contribution in [2.75, 3.05) is 29.9 Å². The Labute approximate surface area is 223 Å². The van der Waals surface area contributed by atoms with Gasteiger partial charge in [0.25, 0.3) is 11.8 Å². The van der Waals surface area contributed by atoms with E-state index in [1.807, 2.05) is 30.3 Å². The minimum atomic E-state index is -3.56. The number of benzene rings is 3. The van der Waals surface area contributed by atoms with Crippen molar-refractivity contribution in [3.05, 3.63) is 83.9 Å². The molecule has 3 aromatic rings. The summed E-state index contributed by atoms with van der Waals surface area (Å²) < 4.78 is 33.1. The lowest BCUT2D eigenvalue weighted by Gasteiger charge is -2.33. The Kier molecular flexibility index (Phi) is 7.49. The highest BCUT2D eigenvalue weighted by atomic mass is 32.2. The molecule has 9 heteroatoms. The van der Waals surface area contributed by atoms with E-state index in [0.717, 1.165) is 24.8 Å². The van der Waals surface area contributed by atoms with E-state index in [0.29, 0.717) is 48.7 Å². The highest BCUT2D eigenvalue weighted by Crippen LogP contribution is 2.36. The smallest absolute Gasteiger partial charge is 0.267 e. The Morgan fingerprint density at radius 3 is 2.39 bits per heavy atom. The molecule has 3 aromatic carbocycles. The van der Waals surface area contributed by atoms with E-state index in [-0.39, 0.29) is 16.7 Å². The van der Waals surface area contributed by atoms with Crippen LogP contribution < -0.4 is 15.0 Å². The molecule has 1 atom stereocenters. The van der Waals surface area contributed by atoms with Gasteiger partial charge in [-0.2, -0.15) is 4.31 Å². The first-order valence-corrected chi connectivity index (χ1v) is 14.3. The van der Waals surface area contributed by atoms with Crippen LogP contribution in [-0.4, -0.2) is 50.3 Å². The van der Waals surface area contributed by atoms with Gasteiger partial charge in [-0.3, -0.25) is 9.59 Å². The molecule has 1 fully saturated rings. The van der Waals surface area contributed by atoms with Crippen molar-refractivity contribution in [3.8, 4) is 5.75 Å². The summed E-state index contributed by atoms with van der Waals surface area (Å²) in [7, 11) is -3.56. The molecule has 1 N–H and O–H groups in total. The zero-order valence-electron chi connectivity index (χ0n) is 21.3. The van der Waals surface area contributed by atoms with Gasteiger partial charge in [0.1, 0.15) is 5.75 Å². The van der Waals surface area contributed by atoms with E-state index in [4.69, 9.17) is 4.74 Å². The lowest BCUT2D eigenvalue weighted by Crippen LogP contribution is -2.45. The molecule has 0 saturated carbocycles. The molecule has 0 radical (unpaired) electrons. The molecule has 2 amide bonds. The Hall–Kier alpha value is -3.69. The van der Waals surface area contributed by atoms with Gasteiger partial charge in [0.05, 0.1) is 10.6 Å². The van der Waals surface area contributed by atoms with Crippen LogP contribution in [0.5, 0.6) is 5.75 Å². The number of carbonyl (C=O) groups excluding carboxylic acids is 2. The summed E-state index contributed by atoms with van der Waals surface area (Å²) in [4.78, 5) is 27.8. The molecule has 2 aliphatic rings. The van der Waals surface area contributed by atoms with Crippen molar-refractivity contribution in [3.63, 3.8) is 0 Å². The molecule has 2 aliphatic heterocycles. The molecule has 0 aliphatic carbocycles. The van der Waals surface area contributed by atoms with Crippen molar-refractivity contribution < 1.29 is 22.7 Å². The molecule has 1 saturated heterocycles. The third-order valence-corrected chi connectivity index (χ3v) is 8.87. The van der Waals surface area contributed by atoms with Gasteiger partial charge in [-0.05, 0) is 74.2 Å². The number of fused-ring (bicyclic) bond motifs is 1. The van der Waals surface area contributed by atoms with Gasteiger partial charge in [0.15, 0.2) is 6.10 Å².